The van der Waals surface area contributed by atoms with E-state index >= 15 is 0 Å². The van der Waals surface area contributed by atoms with Crippen LogP contribution >= 0.6 is 0 Å². The molecule has 0 aromatic carbocycles. The van der Waals surface area contributed by atoms with Crippen LogP contribution in [-0.4, -0.2) is 181 Å². The van der Waals surface area contributed by atoms with Crippen LogP contribution in [0.5, 0.6) is 0 Å². The van der Waals surface area contributed by atoms with Gasteiger partial charge in [-0.15, -0.1) is 0 Å². The quantitative estimate of drug-likeness (QED) is 0.130. The zero-order valence-electron chi connectivity index (χ0n) is 35.5. The number of fused-ring (bicyclic) bond motifs is 2. The molecule has 0 spiro atoms. The number of hydrogen-bond acceptors (Lipinski definition) is 12. The van der Waals surface area contributed by atoms with Crippen LogP contribution in [0.1, 0.15) is 66.2 Å². The number of rotatable bonds is 2. The van der Waals surface area contributed by atoms with Crippen LogP contribution in [0.4, 0.5) is 0 Å². The summed E-state index contributed by atoms with van der Waals surface area (Å²) < 4.78 is 0. The van der Waals surface area contributed by atoms with Crippen molar-refractivity contribution in [2.75, 3.05) is 66.5 Å². The molecule has 0 aliphatic carbocycles. The van der Waals surface area contributed by atoms with Gasteiger partial charge in [-0.2, -0.15) is 0 Å². The summed E-state index contributed by atoms with van der Waals surface area (Å²) >= 11 is 0. The molecule has 0 aromatic heterocycles. The monoisotopic (exact) mass is 848 g/mol. The first-order chi connectivity index (χ1) is 28.3. The van der Waals surface area contributed by atoms with Gasteiger partial charge in [-0.25, -0.2) is 0 Å². The zero-order valence-corrected chi connectivity index (χ0v) is 35.5. The Hall–Kier alpha value is -5.38. The number of carbonyl (C=O) groups excluding carboxylic acids is 10. The topological polar surface area (TPSA) is 308 Å². The number of carbonyl (C=O) groups is 10. The van der Waals surface area contributed by atoms with E-state index in [9.17, 15) is 47.9 Å². The molecule has 0 unspecified atom stereocenters. The van der Waals surface area contributed by atoms with Crippen molar-refractivity contribution in [2.24, 2.45) is 23.3 Å². The van der Waals surface area contributed by atoms with Gasteiger partial charge in [0, 0.05) is 40.3 Å². The molecule has 0 bridgehead atoms. The fourth-order valence-corrected chi connectivity index (χ4v) is 7.62. The molecule has 22 nitrogen and oxygen atoms in total. The van der Waals surface area contributed by atoms with Gasteiger partial charge in [0.25, 0.3) is 0 Å². The lowest BCUT2D eigenvalue weighted by molar-refractivity contribution is -0.144. The summed E-state index contributed by atoms with van der Waals surface area (Å²) in [5.41, 5.74) is 12.4. The third kappa shape index (κ3) is 13.3. The standard InChI is InChI=1S/C38H64N12O10/c1-21(2)31-35(57)43-15-23(39)37(59)49-13-9-7-11-25(49)33(55)46-18-28(52)42-20-30(54)48(6)32(22(3)4)36(58)44-16-24(40)38(60)50-14-10-8-12-26(50)34(56)45-17-27(51)41-19-29(53)47(31)5/h21-26,31-32H,7-20,39-40H2,1-6H3,(H,41,51)(H,42,52)(H,43,57)(H,44,58)(H,45,56)(H,46,55)/t23-,24-,25+,26+,31+,32+/m1/s1. The normalized spacial score (nSPS) is 28.0. The smallest absolute Gasteiger partial charge is 0.243 e. The van der Waals surface area contributed by atoms with E-state index in [1.807, 2.05) is 0 Å². The molecule has 6 atom stereocenters. The summed E-state index contributed by atoms with van der Waals surface area (Å²) in [6.07, 6.45) is 3.02. The number of nitrogens with two attached hydrogens (primary N) is 2. The van der Waals surface area contributed by atoms with Crippen LogP contribution in [0, 0.1) is 11.8 Å². The number of piperidine rings is 2. The van der Waals surface area contributed by atoms with Crippen molar-refractivity contribution in [1.82, 2.24) is 51.5 Å². The minimum absolute atomic E-state index is 0.207. The number of nitrogens with zero attached hydrogens (tertiary/aromatic N) is 4. The van der Waals surface area contributed by atoms with E-state index in [-0.39, 0.29) is 26.2 Å². The maximum absolute atomic E-state index is 13.5. The summed E-state index contributed by atoms with van der Waals surface area (Å²) in [6.45, 7) is 4.59. The molecule has 3 rings (SSSR count). The molecule has 0 saturated carbocycles. The van der Waals surface area contributed by atoms with Gasteiger partial charge in [0.15, 0.2) is 0 Å². The van der Waals surface area contributed by atoms with Crippen LogP contribution < -0.4 is 43.4 Å². The Morgan fingerprint density at radius 1 is 0.483 bits per heavy atom. The number of likely N-dealkylation sites (N-methyl/N-ethyl adjacent to an activating group) is 2. The molecule has 0 aromatic rings. The van der Waals surface area contributed by atoms with E-state index in [0.29, 0.717) is 38.5 Å². The minimum Gasteiger partial charge on any atom is -0.352 e. The fraction of sp³-hybridized carbons (Fsp3) is 0.737. The van der Waals surface area contributed by atoms with Crippen molar-refractivity contribution < 1.29 is 47.9 Å². The Morgan fingerprint density at radius 2 is 0.833 bits per heavy atom. The molecule has 336 valence electrons. The average molecular weight is 849 g/mol. The van der Waals surface area contributed by atoms with Crippen molar-refractivity contribution in [3.63, 3.8) is 0 Å². The molecule has 3 fully saturated rings. The van der Waals surface area contributed by atoms with Gasteiger partial charge in [0.05, 0.1) is 26.2 Å². The lowest BCUT2D eigenvalue weighted by Crippen LogP contribution is -2.60. The van der Waals surface area contributed by atoms with Gasteiger partial charge in [0.1, 0.15) is 36.3 Å². The summed E-state index contributed by atoms with van der Waals surface area (Å²) in [4.78, 5) is 137. The molecule has 60 heavy (non-hydrogen) atoms. The second kappa shape index (κ2) is 22.8. The highest BCUT2D eigenvalue weighted by Gasteiger charge is 2.38. The van der Waals surface area contributed by atoms with Crippen LogP contribution in [0.25, 0.3) is 0 Å². The Balaban J connectivity index is 1.81. The highest BCUT2D eigenvalue weighted by Crippen LogP contribution is 2.20. The van der Waals surface area contributed by atoms with Gasteiger partial charge in [-0.3, -0.25) is 47.9 Å². The summed E-state index contributed by atoms with van der Waals surface area (Å²) in [6, 6.07) is -6.45. The van der Waals surface area contributed by atoms with E-state index in [1.54, 1.807) is 27.7 Å². The highest BCUT2D eigenvalue weighted by molar-refractivity contribution is 5.96. The highest BCUT2D eigenvalue weighted by atomic mass is 16.2. The summed E-state index contributed by atoms with van der Waals surface area (Å²) in [5.74, 6) is -7.08. The van der Waals surface area contributed by atoms with Gasteiger partial charge in [-0.05, 0) is 50.4 Å². The number of nitrogens with one attached hydrogen (secondary N) is 6. The van der Waals surface area contributed by atoms with E-state index in [4.69, 9.17) is 11.5 Å². The van der Waals surface area contributed by atoms with Crippen LogP contribution in [0.3, 0.4) is 0 Å². The van der Waals surface area contributed by atoms with Crippen LogP contribution in [0.2, 0.25) is 0 Å². The fourth-order valence-electron chi connectivity index (χ4n) is 7.62. The molecule has 22 heteroatoms. The maximum atomic E-state index is 13.5. The van der Waals surface area contributed by atoms with Crippen molar-refractivity contribution in [3.05, 3.63) is 0 Å². The molecule has 0 radical (unpaired) electrons. The van der Waals surface area contributed by atoms with Crippen molar-refractivity contribution in [3.8, 4) is 0 Å². The number of hydrogen-bond donors (Lipinski definition) is 8. The first-order valence-electron chi connectivity index (χ1n) is 20.5. The van der Waals surface area contributed by atoms with Crippen molar-refractivity contribution >= 4 is 59.1 Å². The lowest BCUT2D eigenvalue weighted by atomic mass is 9.99. The molecule has 3 aliphatic heterocycles. The molecule has 10 amide bonds. The predicted octanol–water partition coefficient (Wildman–Crippen LogP) is -4.92. The van der Waals surface area contributed by atoms with E-state index in [1.165, 1.54) is 23.9 Å². The predicted molar refractivity (Wildman–Crippen MR) is 216 cm³/mol. The molecule has 3 saturated heterocycles. The van der Waals surface area contributed by atoms with Crippen LogP contribution in [-0.2, 0) is 47.9 Å². The van der Waals surface area contributed by atoms with E-state index in [0.717, 1.165) is 9.80 Å². The molecular weight excluding hydrogens is 784 g/mol. The zero-order chi connectivity index (χ0) is 44.8. The Bertz CT molecular complexity index is 1510. The third-order valence-corrected chi connectivity index (χ3v) is 10.9. The largest absolute Gasteiger partial charge is 0.352 e. The van der Waals surface area contributed by atoms with Gasteiger partial charge in [-0.1, -0.05) is 27.7 Å². The first kappa shape index (κ1) is 49.0. The Morgan fingerprint density at radius 3 is 1.17 bits per heavy atom. The molecule has 3 aliphatic rings. The second-order valence-corrected chi connectivity index (χ2v) is 16.2. The first-order valence-corrected chi connectivity index (χ1v) is 20.5. The Labute approximate surface area is 350 Å². The lowest BCUT2D eigenvalue weighted by Gasteiger charge is -2.36. The van der Waals surface area contributed by atoms with Crippen molar-refractivity contribution in [1.29, 1.82) is 0 Å². The number of amides is 10. The SMILES string of the molecule is CC(C)[C@H]1C(=O)NC[C@@H](N)C(=O)N2CCCC[C@H]2C(=O)NCC(=O)NCC(=O)N(C)[C@@H](C(C)C)C(=O)NC[C@@H](N)C(=O)N2CCCC[C@H]2C(=O)NCC(=O)NCC(=O)N1C. The van der Waals surface area contributed by atoms with E-state index in [2.05, 4.69) is 31.9 Å². The average Bonchev–Trinajstić information content (AvgIpc) is 3.22. The summed E-state index contributed by atoms with van der Waals surface area (Å²) in [7, 11) is 2.78. The van der Waals surface area contributed by atoms with Gasteiger partial charge in [0.2, 0.25) is 59.1 Å². The van der Waals surface area contributed by atoms with E-state index < -0.39 is 133 Å². The molecule has 3 heterocycles. The third-order valence-electron chi connectivity index (χ3n) is 10.9. The Kier molecular flexibility index (Phi) is 18.6. The van der Waals surface area contributed by atoms with Crippen LogP contribution in [0.15, 0.2) is 0 Å². The maximum Gasteiger partial charge on any atom is 0.243 e. The molecule has 10 N–H and O–H groups in total. The minimum atomic E-state index is -1.25. The van der Waals surface area contributed by atoms with Gasteiger partial charge < -0.3 is 63.0 Å². The molecular formula is C38H64N12O10. The van der Waals surface area contributed by atoms with Gasteiger partial charge >= 0.3 is 0 Å². The second-order valence-electron chi connectivity index (χ2n) is 16.2. The summed E-state index contributed by atoms with van der Waals surface area (Å²) in [5, 5.41) is 15.1. The van der Waals surface area contributed by atoms with Crippen molar-refractivity contribution in [2.45, 2.75) is 102 Å².